The van der Waals surface area contributed by atoms with Gasteiger partial charge in [0.25, 0.3) is 5.91 Å². The monoisotopic (exact) mass is 427 g/mol. The lowest BCUT2D eigenvalue weighted by molar-refractivity contribution is 0.100. The number of anilines is 1. The third-order valence-corrected chi connectivity index (χ3v) is 5.95. The van der Waals surface area contributed by atoms with E-state index in [1.165, 1.54) is 0 Å². The van der Waals surface area contributed by atoms with Crippen LogP contribution in [0.5, 0.6) is 0 Å². The van der Waals surface area contributed by atoms with E-state index in [2.05, 4.69) is 36.0 Å². The molecule has 1 heterocycles. The van der Waals surface area contributed by atoms with Crippen LogP contribution >= 0.6 is 35.6 Å². The van der Waals surface area contributed by atoms with Gasteiger partial charge < -0.3 is 15.5 Å². The number of hydrogen-bond donors (Lipinski definition) is 1. The minimum atomic E-state index is -0.582. The Morgan fingerprint density at radius 3 is 2.48 bits per heavy atom. The van der Waals surface area contributed by atoms with Gasteiger partial charge in [0.1, 0.15) is 0 Å². The Morgan fingerprint density at radius 2 is 1.85 bits per heavy atom. The molecule has 2 N–H and O–H groups in total. The number of piperidine rings is 1. The number of primary amides is 1. The molecule has 2 aromatic rings. The normalized spacial score (nSPS) is 15.3. The van der Waals surface area contributed by atoms with E-state index in [-0.39, 0.29) is 23.0 Å². The number of halogens is 3. The van der Waals surface area contributed by atoms with Crippen LogP contribution in [0, 0.1) is 0 Å². The van der Waals surface area contributed by atoms with Gasteiger partial charge in [-0.1, -0.05) is 41.4 Å². The van der Waals surface area contributed by atoms with E-state index in [0.29, 0.717) is 16.6 Å². The van der Waals surface area contributed by atoms with Gasteiger partial charge in [-0.3, -0.25) is 4.79 Å². The van der Waals surface area contributed by atoms with Gasteiger partial charge in [-0.2, -0.15) is 0 Å². The third-order valence-electron chi connectivity index (χ3n) is 5.14. The molecule has 1 amide bonds. The number of nitrogens with zero attached hydrogens (tertiary/aromatic N) is 2. The van der Waals surface area contributed by atoms with E-state index in [0.717, 1.165) is 37.2 Å². The zero-order valence-electron chi connectivity index (χ0n) is 15.4. The molecule has 1 aliphatic rings. The summed E-state index contributed by atoms with van der Waals surface area (Å²) in [4.78, 5) is 16.6. The van der Waals surface area contributed by atoms with Crippen molar-refractivity contribution in [3.8, 4) is 11.1 Å². The molecule has 2 aromatic carbocycles. The molecule has 0 spiro atoms. The van der Waals surface area contributed by atoms with Crippen LogP contribution in [0.4, 0.5) is 5.69 Å². The molecule has 0 radical (unpaired) electrons. The van der Waals surface area contributed by atoms with E-state index >= 15 is 0 Å². The zero-order chi connectivity index (χ0) is 18.8. The van der Waals surface area contributed by atoms with Gasteiger partial charge in [0.15, 0.2) is 0 Å². The Hall–Kier alpha value is -1.46. The maximum absolute atomic E-state index is 11.9. The van der Waals surface area contributed by atoms with E-state index in [4.69, 9.17) is 28.9 Å². The first-order chi connectivity index (χ1) is 12.4. The van der Waals surface area contributed by atoms with Gasteiger partial charge in [0.2, 0.25) is 0 Å². The Labute approximate surface area is 176 Å². The fraction of sp³-hybridized carbons (Fsp3) is 0.350. The lowest BCUT2D eigenvalue weighted by atomic mass is 9.97. The van der Waals surface area contributed by atoms with Crippen molar-refractivity contribution in [3.05, 3.63) is 52.0 Å². The summed E-state index contributed by atoms with van der Waals surface area (Å²) in [7, 11) is 4.28. The Kier molecular flexibility index (Phi) is 7.40. The molecule has 1 saturated heterocycles. The fourth-order valence-electron chi connectivity index (χ4n) is 3.52. The summed E-state index contributed by atoms with van der Waals surface area (Å²) < 4.78 is 0. The van der Waals surface area contributed by atoms with Crippen molar-refractivity contribution in [2.45, 2.75) is 18.9 Å². The molecule has 27 heavy (non-hydrogen) atoms. The van der Waals surface area contributed by atoms with E-state index in [9.17, 15) is 4.79 Å². The molecule has 1 aliphatic heterocycles. The van der Waals surface area contributed by atoms with E-state index in [1.807, 2.05) is 12.1 Å². The second kappa shape index (κ2) is 9.16. The molecule has 0 bridgehead atoms. The van der Waals surface area contributed by atoms with Gasteiger partial charge in [-0.15, -0.1) is 12.4 Å². The van der Waals surface area contributed by atoms with Crippen LogP contribution in [0.1, 0.15) is 23.2 Å². The first kappa shape index (κ1) is 21.8. The summed E-state index contributed by atoms with van der Waals surface area (Å²) in [6, 6.07) is 12.1. The number of likely N-dealkylation sites (tertiary alicyclic amines) is 1. The van der Waals surface area contributed by atoms with Crippen molar-refractivity contribution < 1.29 is 4.79 Å². The molecule has 3 rings (SSSR count). The second-order valence-corrected chi connectivity index (χ2v) is 7.63. The van der Waals surface area contributed by atoms with Crippen molar-refractivity contribution in [2.24, 2.45) is 5.73 Å². The summed E-state index contributed by atoms with van der Waals surface area (Å²) >= 11 is 12.3. The predicted octanol–water partition coefficient (Wildman–Crippen LogP) is 4.71. The Bertz CT molecular complexity index is 820. The van der Waals surface area contributed by atoms with Crippen LogP contribution < -0.4 is 10.6 Å². The fourth-order valence-corrected chi connectivity index (χ4v) is 3.93. The summed E-state index contributed by atoms with van der Waals surface area (Å²) in [6.07, 6.45) is 2.27. The first-order valence-corrected chi connectivity index (χ1v) is 9.43. The van der Waals surface area contributed by atoms with Gasteiger partial charge >= 0.3 is 0 Å². The Morgan fingerprint density at radius 1 is 1.19 bits per heavy atom. The minimum Gasteiger partial charge on any atom is -0.371 e. The van der Waals surface area contributed by atoms with Crippen molar-refractivity contribution in [2.75, 3.05) is 32.1 Å². The smallest absolute Gasteiger partial charge is 0.250 e. The molecule has 0 aliphatic carbocycles. The van der Waals surface area contributed by atoms with Gasteiger partial charge in [-0.25, -0.2) is 0 Å². The zero-order valence-corrected chi connectivity index (χ0v) is 17.7. The molecule has 0 aromatic heterocycles. The molecule has 7 heteroatoms. The first-order valence-electron chi connectivity index (χ1n) is 8.68. The topological polar surface area (TPSA) is 49.6 Å². The summed E-state index contributed by atoms with van der Waals surface area (Å²) in [5.74, 6) is -0.582. The molecule has 4 nitrogen and oxygen atoms in total. The quantitative estimate of drug-likeness (QED) is 0.767. The summed E-state index contributed by atoms with van der Waals surface area (Å²) in [6.45, 7) is 2.21. The van der Waals surface area contributed by atoms with E-state index < -0.39 is 5.91 Å². The highest BCUT2D eigenvalue weighted by molar-refractivity contribution is 6.44. The molecule has 0 saturated carbocycles. The number of amides is 1. The maximum Gasteiger partial charge on any atom is 0.250 e. The highest BCUT2D eigenvalue weighted by Gasteiger charge is 2.22. The molecular weight excluding hydrogens is 405 g/mol. The minimum absolute atomic E-state index is 0. The van der Waals surface area contributed by atoms with Crippen molar-refractivity contribution in [3.63, 3.8) is 0 Å². The lowest BCUT2D eigenvalue weighted by Crippen LogP contribution is -2.41. The summed E-state index contributed by atoms with van der Waals surface area (Å²) in [5, 5.41) is 0.523. The molecule has 1 fully saturated rings. The van der Waals surface area contributed by atoms with Crippen molar-refractivity contribution in [1.29, 1.82) is 0 Å². The standard InChI is InChI=1S/C20H23Cl2N3O.ClH/c1-24-10-8-14(9-11-24)25(2)15-5-3-4-13(12-15)16-6-7-17(21)19(22)18(16)20(23)26;/h3-7,12,14H,8-11H2,1-2H3,(H2,23,26);1H. The third kappa shape index (κ3) is 4.69. The van der Waals surface area contributed by atoms with Crippen molar-refractivity contribution in [1.82, 2.24) is 4.90 Å². The number of rotatable bonds is 4. The average Bonchev–Trinajstić information content (AvgIpc) is 2.63. The Balaban J connectivity index is 0.00000261. The maximum atomic E-state index is 11.9. The van der Waals surface area contributed by atoms with Crippen LogP contribution in [-0.4, -0.2) is 44.0 Å². The van der Waals surface area contributed by atoms with E-state index in [1.54, 1.807) is 12.1 Å². The highest BCUT2D eigenvalue weighted by Crippen LogP contribution is 2.35. The second-order valence-electron chi connectivity index (χ2n) is 6.84. The van der Waals surface area contributed by atoms with Gasteiger partial charge in [0, 0.05) is 18.8 Å². The van der Waals surface area contributed by atoms with Crippen molar-refractivity contribution >= 4 is 47.2 Å². The average molecular weight is 429 g/mol. The number of nitrogens with two attached hydrogens (primary N) is 1. The number of carbonyl (C=O) groups excluding carboxylic acids is 1. The molecular formula is C20H24Cl3N3O. The highest BCUT2D eigenvalue weighted by atomic mass is 35.5. The number of benzene rings is 2. The van der Waals surface area contributed by atoms with Crippen LogP contribution in [0.3, 0.4) is 0 Å². The molecule has 146 valence electrons. The van der Waals surface area contributed by atoms with Crippen LogP contribution in [-0.2, 0) is 0 Å². The SMILES string of the molecule is CN1CCC(N(C)c2cccc(-c3ccc(Cl)c(Cl)c3C(N)=O)c2)CC1.Cl. The lowest BCUT2D eigenvalue weighted by Gasteiger charge is -2.36. The predicted molar refractivity (Wildman–Crippen MR) is 117 cm³/mol. The largest absolute Gasteiger partial charge is 0.371 e. The van der Waals surface area contributed by atoms with Crippen LogP contribution in [0.15, 0.2) is 36.4 Å². The molecule has 0 atom stereocenters. The molecule has 0 unspecified atom stereocenters. The number of hydrogen-bond acceptors (Lipinski definition) is 3. The van der Waals surface area contributed by atoms with Gasteiger partial charge in [0.05, 0.1) is 15.6 Å². The summed E-state index contributed by atoms with van der Waals surface area (Å²) in [5.41, 5.74) is 8.52. The number of carbonyl (C=O) groups is 1. The van der Waals surface area contributed by atoms with Crippen LogP contribution in [0.25, 0.3) is 11.1 Å². The van der Waals surface area contributed by atoms with Gasteiger partial charge in [-0.05, 0) is 62.3 Å². The van der Waals surface area contributed by atoms with Crippen LogP contribution in [0.2, 0.25) is 10.0 Å².